The molecule has 0 unspecified atom stereocenters. The lowest BCUT2D eigenvalue weighted by atomic mass is 10.00. The summed E-state index contributed by atoms with van der Waals surface area (Å²) in [6.45, 7) is 4.93. The Balaban J connectivity index is 2.08. The third-order valence-corrected chi connectivity index (χ3v) is 5.32. The van der Waals surface area contributed by atoms with Crippen molar-refractivity contribution in [2.45, 2.75) is 26.7 Å². The van der Waals surface area contributed by atoms with Crippen LogP contribution in [0.2, 0.25) is 0 Å². The lowest BCUT2D eigenvalue weighted by Crippen LogP contribution is -2.42. The zero-order valence-electron chi connectivity index (χ0n) is 12.0. The molecule has 0 saturated carbocycles. The van der Waals surface area contributed by atoms with Crippen LogP contribution in [0.3, 0.4) is 0 Å². The van der Waals surface area contributed by atoms with E-state index in [1.165, 1.54) is 4.31 Å². The third kappa shape index (κ3) is 3.50. The van der Waals surface area contributed by atoms with Gasteiger partial charge in [0.1, 0.15) is 0 Å². The molecule has 0 bridgehead atoms. The molecule has 0 aliphatic carbocycles. The molecule has 112 valence electrons. The van der Waals surface area contributed by atoms with Crippen molar-refractivity contribution >= 4 is 15.9 Å². The Morgan fingerprint density at radius 1 is 1.30 bits per heavy atom. The summed E-state index contributed by atoms with van der Waals surface area (Å²) in [6.07, 6.45) is 1.43. The molecule has 5 nitrogen and oxygen atoms in total. The van der Waals surface area contributed by atoms with E-state index < -0.39 is 10.2 Å². The monoisotopic (exact) mass is 298 g/mol. The first-order valence-electron chi connectivity index (χ1n) is 6.88. The molecule has 1 aliphatic heterocycles. The molecule has 1 aliphatic rings. The molecular formula is C14H22N2O3S. The van der Waals surface area contributed by atoms with E-state index in [1.54, 1.807) is 6.07 Å². The third-order valence-electron chi connectivity index (χ3n) is 3.79. The van der Waals surface area contributed by atoms with E-state index in [0.29, 0.717) is 31.6 Å². The minimum Gasteiger partial charge on any atom is -0.396 e. The number of aryl methyl sites for hydroxylation is 2. The zero-order valence-corrected chi connectivity index (χ0v) is 12.8. The maximum absolute atomic E-state index is 12.3. The summed E-state index contributed by atoms with van der Waals surface area (Å²) in [5.74, 6) is 0.225. The van der Waals surface area contributed by atoms with E-state index in [-0.39, 0.29) is 12.5 Å². The van der Waals surface area contributed by atoms with Gasteiger partial charge in [-0.25, -0.2) is 0 Å². The highest BCUT2D eigenvalue weighted by atomic mass is 32.2. The molecule has 0 spiro atoms. The van der Waals surface area contributed by atoms with Crippen LogP contribution in [0.5, 0.6) is 0 Å². The van der Waals surface area contributed by atoms with Gasteiger partial charge in [-0.2, -0.15) is 12.7 Å². The van der Waals surface area contributed by atoms with Crippen LogP contribution in [0.15, 0.2) is 18.2 Å². The molecule has 2 rings (SSSR count). The summed E-state index contributed by atoms with van der Waals surface area (Å²) in [5, 5.41) is 9.09. The quantitative estimate of drug-likeness (QED) is 0.888. The van der Waals surface area contributed by atoms with Gasteiger partial charge in [0.05, 0.1) is 5.69 Å². The number of rotatable bonds is 4. The normalized spacial score (nSPS) is 18.1. The highest BCUT2D eigenvalue weighted by Crippen LogP contribution is 2.22. The average molecular weight is 298 g/mol. The Labute approximate surface area is 120 Å². The molecule has 1 heterocycles. The van der Waals surface area contributed by atoms with Crippen molar-refractivity contribution in [2.24, 2.45) is 5.92 Å². The summed E-state index contributed by atoms with van der Waals surface area (Å²) in [6, 6.07) is 5.64. The number of nitrogens with one attached hydrogen (secondary N) is 1. The molecule has 2 N–H and O–H groups in total. The zero-order chi connectivity index (χ0) is 14.8. The van der Waals surface area contributed by atoms with Crippen LogP contribution in [-0.2, 0) is 10.2 Å². The van der Waals surface area contributed by atoms with Gasteiger partial charge in [-0.1, -0.05) is 17.7 Å². The minimum absolute atomic E-state index is 0.137. The molecule has 1 saturated heterocycles. The van der Waals surface area contributed by atoms with Gasteiger partial charge in [0, 0.05) is 19.7 Å². The first-order valence-corrected chi connectivity index (χ1v) is 8.32. The fourth-order valence-corrected chi connectivity index (χ4v) is 3.79. The first kappa shape index (κ1) is 15.3. The Morgan fingerprint density at radius 2 is 1.95 bits per heavy atom. The lowest BCUT2D eigenvalue weighted by molar-refractivity contribution is 0.170. The lowest BCUT2D eigenvalue weighted by Gasteiger charge is -2.30. The minimum atomic E-state index is -3.50. The summed E-state index contributed by atoms with van der Waals surface area (Å²) in [7, 11) is -3.50. The Kier molecular flexibility index (Phi) is 4.67. The second-order valence-electron chi connectivity index (χ2n) is 5.45. The van der Waals surface area contributed by atoms with Gasteiger partial charge >= 0.3 is 10.2 Å². The standard InChI is InChI=1S/C14H22N2O3S/c1-11-3-4-14(12(2)9-11)15-20(18,19)16-7-5-13(10-17)6-8-16/h3-4,9,13,15,17H,5-8,10H2,1-2H3. The maximum Gasteiger partial charge on any atom is 0.301 e. The smallest absolute Gasteiger partial charge is 0.301 e. The number of hydrogen-bond acceptors (Lipinski definition) is 3. The van der Waals surface area contributed by atoms with Gasteiger partial charge in [0.15, 0.2) is 0 Å². The number of benzene rings is 1. The Bertz CT molecular complexity index is 564. The molecule has 1 aromatic carbocycles. The van der Waals surface area contributed by atoms with Crippen LogP contribution < -0.4 is 4.72 Å². The SMILES string of the molecule is Cc1ccc(NS(=O)(=O)N2CCC(CO)CC2)c(C)c1. The van der Waals surface area contributed by atoms with Crippen molar-refractivity contribution in [1.29, 1.82) is 0 Å². The highest BCUT2D eigenvalue weighted by Gasteiger charge is 2.27. The van der Waals surface area contributed by atoms with Crippen molar-refractivity contribution in [3.8, 4) is 0 Å². The largest absolute Gasteiger partial charge is 0.396 e. The molecule has 1 aromatic rings. The van der Waals surface area contributed by atoms with Crippen LogP contribution in [-0.4, -0.2) is 37.5 Å². The topological polar surface area (TPSA) is 69.6 Å². The maximum atomic E-state index is 12.3. The number of hydrogen-bond donors (Lipinski definition) is 2. The summed E-state index contributed by atoms with van der Waals surface area (Å²) < 4.78 is 28.8. The Hall–Kier alpha value is -1.11. The molecule has 0 amide bonds. The predicted molar refractivity (Wildman–Crippen MR) is 79.8 cm³/mol. The van der Waals surface area contributed by atoms with E-state index in [9.17, 15) is 8.42 Å². The van der Waals surface area contributed by atoms with E-state index in [0.717, 1.165) is 11.1 Å². The number of aliphatic hydroxyl groups is 1. The molecule has 0 atom stereocenters. The number of nitrogens with zero attached hydrogens (tertiary/aromatic N) is 1. The number of anilines is 1. The fourth-order valence-electron chi connectivity index (χ4n) is 2.46. The van der Waals surface area contributed by atoms with Crippen LogP contribution in [0.25, 0.3) is 0 Å². The van der Waals surface area contributed by atoms with Crippen molar-refractivity contribution in [3.63, 3.8) is 0 Å². The van der Waals surface area contributed by atoms with Gasteiger partial charge in [0.2, 0.25) is 0 Å². The summed E-state index contributed by atoms with van der Waals surface area (Å²) in [5.41, 5.74) is 2.65. The first-order chi connectivity index (χ1) is 9.42. The van der Waals surface area contributed by atoms with Crippen LogP contribution in [0, 0.1) is 19.8 Å². The van der Waals surface area contributed by atoms with Crippen LogP contribution in [0.4, 0.5) is 5.69 Å². The van der Waals surface area contributed by atoms with E-state index >= 15 is 0 Å². The fraction of sp³-hybridized carbons (Fsp3) is 0.571. The van der Waals surface area contributed by atoms with Gasteiger partial charge in [-0.05, 0) is 44.2 Å². The Morgan fingerprint density at radius 3 is 2.50 bits per heavy atom. The highest BCUT2D eigenvalue weighted by molar-refractivity contribution is 7.90. The van der Waals surface area contributed by atoms with Crippen LogP contribution >= 0.6 is 0 Å². The molecular weight excluding hydrogens is 276 g/mol. The molecule has 20 heavy (non-hydrogen) atoms. The van der Waals surface area contributed by atoms with Crippen molar-refractivity contribution in [3.05, 3.63) is 29.3 Å². The van der Waals surface area contributed by atoms with Crippen molar-refractivity contribution < 1.29 is 13.5 Å². The predicted octanol–water partition coefficient (Wildman–Crippen LogP) is 1.66. The van der Waals surface area contributed by atoms with Gasteiger partial charge in [-0.3, -0.25) is 4.72 Å². The summed E-state index contributed by atoms with van der Waals surface area (Å²) in [4.78, 5) is 0. The van der Waals surface area contributed by atoms with E-state index in [2.05, 4.69) is 4.72 Å². The molecule has 6 heteroatoms. The van der Waals surface area contributed by atoms with Crippen molar-refractivity contribution in [2.75, 3.05) is 24.4 Å². The van der Waals surface area contributed by atoms with Crippen LogP contribution in [0.1, 0.15) is 24.0 Å². The van der Waals surface area contributed by atoms with Gasteiger partial charge in [0.25, 0.3) is 0 Å². The second kappa shape index (κ2) is 6.11. The molecule has 0 aromatic heterocycles. The molecule has 1 fully saturated rings. The second-order valence-corrected chi connectivity index (χ2v) is 7.12. The van der Waals surface area contributed by atoms with E-state index in [4.69, 9.17) is 5.11 Å². The average Bonchev–Trinajstić information content (AvgIpc) is 2.42. The number of aliphatic hydroxyl groups excluding tert-OH is 1. The van der Waals surface area contributed by atoms with Gasteiger partial charge < -0.3 is 5.11 Å². The number of piperidine rings is 1. The van der Waals surface area contributed by atoms with E-state index in [1.807, 2.05) is 26.0 Å². The van der Waals surface area contributed by atoms with Crippen molar-refractivity contribution in [1.82, 2.24) is 4.31 Å². The molecule has 0 radical (unpaired) electrons. The summed E-state index contributed by atoms with van der Waals surface area (Å²) >= 11 is 0. The van der Waals surface area contributed by atoms with Gasteiger partial charge in [-0.15, -0.1) is 0 Å².